The molecule has 0 aromatic rings. The summed E-state index contributed by atoms with van der Waals surface area (Å²) in [6.07, 6.45) is 10.7. The van der Waals surface area contributed by atoms with Crippen LogP contribution in [0, 0.1) is 53.3 Å². The van der Waals surface area contributed by atoms with E-state index >= 15 is 0 Å². The van der Waals surface area contributed by atoms with Crippen LogP contribution in [0.4, 0.5) is 0 Å². The Labute approximate surface area is 133 Å². The zero-order valence-corrected chi connectivity index (χ0v) is 15.1. The van der Waals surface area contributed by atoms with E-state index in [9.17, 15) is 0 Å². The standard InChI is InChI=1S/C21H38/c1-13-6-8-18(9-7-13)17(5)20-11-10-19-16(4)15(3)14(2)12-21(19)20/h13-21H,6-12H2,1-5H3. The van der Waals surface area contributed by atoms with Crippen LogP contribution in [-0.2, 0) is 0 Å². The summed E-state index contributed by atoms with van der Waals surface area (Å²) in [5.74, 6) is 9.13. The third-order valence-electron chi connectivity index (χ3n) is 8.46. The summed E-state index contributed by atoms with van der Waals surface area (Å²) in [6.45, 7) is 12.7. The molecule has 3 saturated carbocycles. The molecule has 3 aliphatic rings. The van der Waals surface area contributed by atoms with Crippen LogP contribution in [0.3, 0.4) is 0 Å². The van der Waals surface area contributed by atoms with E-state index in [1.165, 1.54) is 32.1 Å². The van der Waals surface area contributed by atoms with Gasteiger partial charge in [-0.1, -0.05) is 47.5 Å². The van der Waals surface area contributed by atoms with Crippen LogP contribution in [0.2, 0.25) is 0 Å². The second kappa shape index (κ2) is 6.25. The molecule has 0 saturated heterocycles. The fraction of sp³-hybridized carbons (Fsp3) is 1.00. The summed E-state index contributed by atoms with van der Waals surface area (Å²) in [4.78, 5) is 0. The average Bonchev–Trinajstić information content (AvgIpc) is 2.88. The molecule has 3 aliphatic carbocycles. The average molecular weight is 291 g/mol. The van der Waals surface area contributed by atoms with Gasteiger partial charge >= 0.3 is 0 Å². The van der Waals surface area contributed by atoms with Crippen molar-refractivity contribution in [3.63, 3.8) is 0 Å². The molecule has 21 heavy (non-hydrogen) atoms. The molecule has 3 fully saturated rings. The number of rotatable bonds is 2. The van der Waals surface area contributed by atoms with Crippen LogP contribution in [0.15, 0.2) is 0 Å². The van der Waals surface area contributed by atoms with Gasteiger partial charge in [0, 0.05) is 0 Å². The number of hydrogen-bond acceptors (Lipinski definition) is 0. The molecule has 0 aromatic carbocycles. The topological polar surface area (TPSA) is 0 Å². The van der Waals surface area contributed by atoms with Crippen LogP contribution >= 0.6 is 0 Å². The smallest absolute Gasteiger partial charge is 0.0349 e. The van der Waals surface area contributed by atoms with Gasteiger partial charge in [0.1, 0.15) is 0 Å². The van der Waals surface area contributed by atoms with Gasteiger partial charge in [-0.2, -0.15) is 0 Å². The Morgan fingerprint density at radius 1 is 0.714 bits per heavy atom. The highest BCUT2D eigenvalue weighted by atomic mass is 14.5. The molecule has 3 rings (SSSR count). The van der Waals surface area contributed by atoms with Gasteiger partial charge in [0.25, 0.3) is 0 Å². The maximum atomic E-state index is 2.63. The third kappa shape index (κ3) is 2.93. The molecule has 0 aromatic heterocycles. The minimum Gasteiger partial charge on any atom is -0.0625 e. The van der Waals surface area contributed by atoms with E-state index in [0.29, 0.717) is 0 Å². The lowest BCUT2D eigenvalue weighted by Gasteiger charge is -2.45. The lowest BCUT2D eigenvalue weighted by molar-refractivity contribution is 0.0409. The third-order valence-corrected chi connectivity index (χ3v) is 8.46. The minimum atomic E-state index is 0.954. The van der Waals surface area contributed by atoms with Crippen molar-refractivity contribution in [3.8, 4) is 0 Å². The Bertz CT molecular complexity index is 338. The van der Waals surface area contributed by atoms with Crippen LogP contribution in [-0.4, -0.2) is 0 Å². The summed E-state index contributed by atoms with van der Waals surface area (Å²) in [6, 6.07) is 0. The van der Waals surface area contributed by atoms with E-state index in [1.807, 2.05) is 0 Å². The first kappa shape index (κ1) is 15.9. The molecule has 0 radical (unpaired) electrons. The molecule has 0 heterocycles. The lowest BCUT2D eigenvalue weighted by Crippen LogP contribution is -2.38. The van der Waals surface area contributed by atoms with Gasteiger partial charge in [-0.3, -0.25) is 0 Å². The molecule has 7 unspecified atom stereocenters. The predicted molar refractivity (Wildman–Crippen MR) is 92.1 cm³/mol. The van der Waals surface area contributed by atoms with Gasteiger partial charge in [-0.25, -0.2) is 0 Å². The van der Waals surface area contributed by atoms with Crippen molar-refractivity contribution < 1.29 is 0 Å². The molecule has 0 amide bonds. The summed E-state index contributed by atoms with van der Waals surface area (Å²) >= 11 is 0. The van der Waals surface area contributed by atoms with Gasteiger partial charge < -0.3 is 0 Å². The van der Waals surface area contributed by atoms with Crippen LogP contribution in [0.5, 0.6) is 0 Å². The summed E-state index contributed by atoms with van der Waals surface area (Å²) in [5, 5.41) is 0. The van der Waals surface area contributed by atoms with Gasteiger partial charge in [-0.15, -0.1) is 0 Å². The molecule has 0 N–H and O–H groups in total. The molecular weight excluding hydrogens is 252 g/mol. The van der Waals surface area contributed by atoms with Crippen molar-refractivity contribution in [2.24, 2.45) is 53.3 Å². The van der Waals surface area contributed by atoms with Crippen LogP contribution in [0.1, 0.15) is 79.6 Å². The molecule has 0 spiro atoms. The van der Waals surface area contributed by atoms with Crippen LogP contribution < -0.4 is 0 Å². The summed E-state index contributed by atoms with van der Waals surface area (Å²) in [5.41, 5.74) is 0. The highest BCUT2D eigenvalue weighted by molar-refractivity contribution is 4.97. The highest BCUT2D eigenvalue weighted by Crippen LogP contribution is 2.55. The maximum Gasteiger partial charge on any atom is -0.0349 e. The SMILES string of the molecule is CC1CCC(C(C)C2CCC3C(C)C(C)C(C)CC23)CC1. The maximum absolute atomic E-state index is 2.63. The molecule has 122 valence electrons. The van der Waals surface area contributed by atoms with Crippen LogP contribution in [0.25, 0.3) is 0 Å². The molecule has 0 nitrogen and oxygen atoms in total. The van der Waals surface area contributed by atoms with Crippen molar-refractivity contribution in [1.29, 1.82) is 0 Å². The quantitative estimate of drug-likeness (QED) is 0.551. The fourth-order valence-electron chi connectivity index (χ4n) is 6.50. The predicted octanol–water partition coefficient (Wildman–Crippen LogP) is 6.40. The Morgan fingerprint density at radius 2 is 1.38 bits per heavy atom. The van der Waals surface area contributed by atoms with Gasteiger partial charge in [0.15, 0.2) is 0 Å². The van der Waals surface area contributed by atoms with Gasteiger partial charge in [0.05, 0.1) is 0 Å². The van der Waals surface area contributed by atoms with Crippen molar-refractivity contribution in [1.82, 2.24) is 0 Å². The zero-order valence-electron chi connectivity index (χ0n) is 15.1. The van der Waals surface area contributed by atoms with E-state index in [4.69, 9.17) is 0 Å². The molecule has 0 aliphatic heterocycles. The normalized spacial score (nSPS) is 52.4. The second-order valence-electron chi connectivity index (χ2n) is 9.38. The first-order valence-corrected chi connectivity index (χ1v) is 9.99. The Kier molecular flexibility index (Phi) is 4.72. The van der Waals surface area contributed by atoms with E-state index in [-0.39, 0.29) is 0 Å². The highest BCUT2D eigenvalue weighted by Gasteiger charge is 2.47. The number of fused-ring (bicyclic) bond motifs is 1. The summed E-state index contributed by atoms with van der Waals surface area (Å²) < 4.78 is 0. The molecule has 0 heteroatoms. The monoisotopic (exact) mass is 290 g/mol. The largest absolute Gasteiger partial charge is 0.0625 e. The van der Waals surface area contributed by atoms with Crippen molar-refractivity contribution in [3.05, 3.63) is 0 Å². The first-order chi connectivity index (χ1) is 9.99. The first-order valence-electron chi connectivity index (χ1n) is 9.99. The Morgan fingerprint density at radius 3 is 2.05 bits per heavy atom. The zero-order chi connectivity index (χ0) is 15.1. The fourth-order valence-corrected chi connectivity index (χ4v) is 6.50. The van der Waals surface area contributed by atoms with Crippen molar-refractivity contribution >= 4 is 0 Å². The van der Waals surface area contributed by atoms with Gasteiger partial charge in [-0.05, 0) is 85.4 Å². The van der Waals surface area contributed by atoms with E-state index < -0.39 is 0 Å². The second-order valence-corrected chi connectivity index (χ2v) is 9.38. The molecular formula is C21H38. The van der Waals surface area contributed by atoms with Crippen molar-refractivity contribution in [2.75, 3.05) is 0 Å². The Hall–Kier alpha value is 0. The van der Waals surface area contributed by atoms with Crippen molar-refractivity contribution in [2.45, 2.75) is 79.6 Å². The van der Waals surface area contributed by atoms with E-state index in [0.717, 1.165) is 53.3 Å². The number of hydrogen-bond donors (Lipinski definition) is 0. The lowest BCUT2D eigenvalue weighted by atomic mass is 9.60. The van der Waals surface area contributed by atoms with E-state index in [1.54, 1.807) is 12.8 Å². The molecule has 7 atom stereocenters. The summed E-state index contributed by atoms with van der Waals surface area (Å²) in [7, 11) is 0. The molecule has 0 bridgehead atoms. The van der Waals surface area contributed by atoms with Gasteiger partial charge in [0.2, 0.25) is 0 Å². The Balaban J connectivity index is 1.66. The minimum absolute atomic E-state index is 0.954. The van der Waals surface area contributed by atoms with E-state index in [2.05, 4.69) is 34.6 Å².